The molecule has 0 saturated heterocycles. The number of carbonyl (C=O) groups excluding carboxylic acids is 1. The van der Waals surface area contributed by atoms with Gasteiger partial charge in [-0.3, -0.25) is 4.79 Å². The van der Waals surface area contributed by atoms with Crippen LogP contribution in [0.2, 0.25) is 0 Å². The fourth-order valence-electron chi connectivity index (χ4n) is 2.36. The van der Waals surface area contributed by atoms with E-state index in [4.69, 9.17) is 4.74 Å². The standard InChI is InChI=1S/C18H29NO3/c1-3-4-5-6-7-8-13-19-18(21)12-10-15-9-11-16(20)17(14-15)22-2/h9,11,14,20H,3-8,10,12-13H2,1-2H3,(H,19,21). The normalized spacial score (nSPS) is 10.5. The molecule has 22 heavy (non-hydrogen) atoms. The van der Waals surface area contributed by atoms with Crippen molar-refractivity contribution in [1.82, 2.24) is 5.32 Å². The Kier molecular flexibility index (Phi) is 9.12. The van der Waals surface area contributed by atoms with Gasteiger partial charge in [0.1, 0.15) is 0 Å². The summed E-state index contributed by atoms with van der Waals surface area (Å²) >= 11 is 0. The molecule has 2 N–H and O–H groups in total. The topological polar surface area (TPSA) is 58.6 Å². The first-order chi connectivity index (χ1) is 10.7. The molecule has 1 aromatic carbocycles. The zero-order valence-corrected chi connectivity index (χ0v) is 13.9. The van der Waals surface area contributed by atoms with Gasteiger partial charge in [0.25, 0.3) is 0 Å². The van der Waals surface area contributed by atoms with Crippen molar-refractivity contribution in [1.29, 1.82) is 0 Å². The van der Waals surface area contributed by atoms with Crippen LogP contribution < -0.4 is 10.1 Å². The van der Waals surface area contributed by atoms with Crippen molar-refractivity contribution in [3.63, 3.8) is 0 Å². The molecule has 4 heteroatoms. The first-order valence-corrected chi connectivity index (χ1v) is 8.30. The van der Waals surface area contributed by atoms with Gasteiger partial charge in [0, 0.05) is 13.0 Å². The number of phenolic OH excluding ortho intramolecular Hbond substituents is 1. The molecule has 1 aromatic rings. The van der Waals surface area contributed by atoms with E-state index >= 15 is 0 Å². The first kappa shape index (κ1) is 18.3. The molecule has 0 radical (unpaired) electrons. The predicted molar refractivity (Wildman–Crippen MR) is 89.4 cm³/mol. The number of benzene rings is 1. The van der Waals surface area contributed by atoms with E-state index in [0.717, 1.165) is 18.5 Å². The van der Waals surface area contributed by atoms with Crippen LogP contribution in [0.25, 0.3) is 0 Å². The van der Waals surface area contributed by atoms with Crippen molar-refractivity contribution < 1.29 is 14.6 Å². The quantitative estimate of drug-likeness (QED) is 0.611. The van der Waals surface area contributed by atoms with Crippen molar-refractivity contribution in [2.24, 2.45) is 0 Å². The Hall–Kier alpha value is -1.71. The van der Waals surface area contributed by atoms with Gasteiger partial charge in [-0.15, -0.1) is 0 Å². The molecule has 1 amide bonds. The monoisotopic (exact) mass is 307 g/mol. The van der Waals surface area contributed by atoms with Crippen LogP contribution in [0.5, 0.6) is 11.5 Å². The summed E-state index contributed by atoms with van der Waals surface area (Å²) in [5.74, 6) is 0.657. The lowest BCUT2D eigenvalue weighted by atomic mass is 10.1. The minimum atomic E-state index is 0.0839. The molecule has 124 valence electrons. The van der Waals surface area contributed by atoms with Crippen molar-refractivity contribution >= 4 is 5.91 Å². The van der Waals surface area contributed by atoms with Crippen LogP contribution in [0, 0.1) is 0 Å². The van der Waals surface area contributed by atoms with Gasteiger partial charge in [-0.1, -0.05) is 45.1 Å². The van der Waals surface area contributed by atoms with E-state index in [1.807, 2.05) is 6.07 Å². The molecule has 0 aromatic heterocycles. The maximum atomic E-state index is 11.8. The minimum absolute atomic E-state index is 0.0839. The van der Waals surface area contributed by atoms with E-state index in [2.05, 4.69) is 12.2 Å². The van der Waals surface area contributed by atoms with Gasteiger partial charge in [-0.25, -0.2) is 0 Å². The number of hydrogen-bond donors (Lipinski definition) is 2. The molecule has 0 saturated carbocycles. The molecule has 0 spiro atoms. The Labute approximate surface area is 133 Å². The Bertz CT molecular complexity index is 446. The van der Waals surface area contributed by atoms with Gasteiger partial charge in [0.15, 0.2) is 11.5 Å². The molecule has 0 fully saturated rings. The number of methoxy groups -OCH3 is 1. The highest BCUT2D eigenvalue weighted by Gasteiger charge is 2.05. The molecule has 0 bridgehead atoms. The zero-order valence-electron chi connectivity index (χ0n) is 13.9. The zero-order chi connectivity index (χ0) is 16.2. The Morgan fingerprint density at radius 3 is 2.64 bits per heavy atom. The van der Waals surface area contributed by atoms with Gasteiger partial charge < -0.3 is 15.2 Å². The van der Waals surface area contributed by atoms with Gasteiger partial charge in [-0.2, -0.15) is 0 Å². The maximum Gasteiger partial charge on any atom is 0.220 e. The molecule has 0 unspecified atom stereocenters. The maximum absolute atomic E-state index is 11.8. The summed E-state index contributed by atoms with van der Waals surface area (Å²) in [7, 11) is 1.52. The molecule has 0 aliphatic heterocycles. The average molecular weight is 307 g/mol. The van der Waals surface area contributed by atoms with E-state index in [1.165, 1.54) is 39.2 Å². The van der Waals surface area contributed by atoms with Gasteiger partial charge in [-0.05, 0) is 30.5 Å². The van der Waals surface area contributed by atoms with E-state index < -0.39 is 0 Å². The van der Waals surface area contributed by atoms with Crippen molar-refractivity contribution in [3.8, 4) is 11.5 Å². The van der Waals surface area contributed by atoms with Crippen molar-refractivity contribution in [2.75, 3.05) is 13.7 Å². The summed E-state index contributed by atoms with van der Waals surface area (Å²) in [5.41, 5.74) is 0.990. The predicted octanol–water partition coefficient (Wildman–Crippen LogP) is 3.81. The molecule has 0 heterocycles. The summed E-state index contributed by atoms with van der Waals surface area (Å²) in [6, 6.07) is 5.19. The minimum Gasteiger partial charge on any atom is -0.504 e. The number of carbonyl (C=O) groups is 1. The number of ether oxygens (including phenoxy) is 1. The second kappa shape index (κ2) is 10.9. The van der Waals surface area contributed by atoms with Crippen LogP contribution in [0.3, 0.4) is 0 Å². The third-order valence-electron chi connectivity index (χ3n) is 3.74. The summed E-state index contributed by atoms with van der Waals surface area (Å²) in [6.45, 7) is 2.98. The van der Waals surface area contributed by atoms with Crippen LogP contribution in [0.1, 0.15) is 57.4 Å². The molecule has 0 atom stereocenters. The van der Waals surface area contributed by atoms with Gasteiger partial charge >= 0.3 is 0 Å². The highest BCUT2D eigenvalue weighted by Crippen LogP contribution is 2.26. The molecule has 1 rings (SSSR count). The smallest absolute Gasteiger partial charge is 0.220 e. The lowest BCUT2D eigenvalue weighted by molar-refractivity contribution is -0.121. The van der Waals surface area contributed by atoms with E-state index in [-0.39, 0.29) is 11.7 Å². The number of aromatic hydroxyl groups is 1. The summed E-state index contributed by atoms with van der Waals surface area (Å²) in [5, 5.41) is 12.5. The summed E-state index contributed by atoms with van der Waals surface area (Å²) < 4.78 is 5.06. The van der Waals surface area contributed by atoms with Crippen molar-refractivity contribution in [2.45, 2.75) is 58.3 Å². The van der Waals surface area contributed by atoms with E-state index in [1.54, 1.807) is 12.1 Å². The molecular weight excluding hydrogens is 278 g/mol. The van der Waals surface area contributed by atoms with Crippen LogP contribution in [-0.4, -0.2) is 24.7 Å². The number of aryl methyl sites for hydroxylation is 1. The second-order valence-corrected chi connectivity index (χ2v) is 5.62. The molecule has 0 aliphatic rings. The largest absolute Gasteiger partial charge is 0.504 e. The Balaban J connectivity index is 2.15. The van der Waals surface area contributed by atoms with Crippen LogP contribution in [0.15, 0.2) is 18.2 Å². The summed E-state index contributed by atoms with van der Waals surface area (Å²) in [4.78, 5) is 11.8. The molecule has 0 aliphatic carbocycles. The third-order valence-corrected chi connectivity index (χ3v) is 3.74. The highest BCUT2D eigenvalue weighted by atomic mass is 16.5. The first-order valence-electron chi connectivity index (χ1n) is 8.30. The number of hydrogen-bond acceptors (Lipinski definition) is 3. The Morgan fingerprint density at radius 1 is 1.18 bits per heavy atom. The van der Waals surface area contributed by atoms with Gasteiger partial charge in [0.05, 0.1) is 7.11 Å². The molecular formula is C18H29NO3. The van der Waals surface area contributed by atoms with Crippen LogP contribution in [-0.2, 0) is 11.2 Å². The third kappa shape index (κ3) is 7.34. The average Bonchev–Trinajstić information content (AvgIpc) is 2.53. The number of nitrogens with one attached hydrogen (secondary N) is 1. The second-order valence-electron chi connectivity index (χ2n) is 5.62. The van der Waals surface area contributed by atoms with E-state index in [9.17, 15) is 9.90 Å². The van der Waals surface area contributed by atoms with Crippen LogP contribution in [0.4, 0.5) is 0 Å². The summed E-state index contributed by atoms with van der Waals surface area (Å²) in [6.07, 6.45) is 8.49. The van der Waals surface area contributed by atoms with E-state index in [0.29, 0.717) is 18.6 Å². The lowest BCUT2D eigenvalue weighted by Gasteiger charge is -2.07. The lowest BCUT2D eigenvalue weighted by Crippen LogP contribution is -2.24. The SMILES string of the molecule is CCCCCCCCNC(=O)CCc1ccc(O)c(OC)c1. The molecule has 4 nitrogen and oxygen atoms in total. The number of rotatable bonds is 11. The van der Waals surface area contributed by atoms with Crippen LogP contribution >= 0.6 is 0 Å². The fraction of sp³-hybridized carbons (Fsp3) is 0.611. The van der Waals surface area contributed by atoms with Gasteiger partial charge in [0.2, 0.25) is 5.91 Å². The Morgan fingerprint density at radius 2 is 1.91 bits per heavy atom. The fourth-order valence-corrected chi connectivity index (χ4v) is 2.36. The number of unbranched alkanes of at least 4 members (excludes halogenated alkanes) is 5. The number of phenols is 1. The number of amides is 1. The van der Waals surface area contributed by atoms with Crippen molar-refractivity contribution in [3.05, 3.63) is 23.8 Å². The highest BCUT2D eigenvalue weighted by molar-refractivity contribution is 5.76.